The smallest absolute Gasteiger partial charge is 0.335 e. The SMILES string of the molecule is C=CCOc1ccc(Cl)cc1/C=C1\C(=O)NC(=O)N(c2ccc(O)cc2)C1=O. The molecular formula is C20H15ClN2O5. The molecule has 0 unspecified atom stereocenters. The summed E-state index contributed by atoms with van der Waals surface area (Å²) in [7, 11) is 0. The minimum absolute atomic E-state index is 0.0246. The first-order chi connectivity index (χ1) is 13.4. The summed E-state index contributed by atoms with van der Waals surface area (Å²) in [6, 6.07) is 9.29. The molecule has 142 valence electrons. The van der Waals surface area contributed by atoms with Gasteiger partial charge in [-0.25, -0.2) is 9.69 Å². The molecule has 28 heavy (non-hydrogen) atoms. The van der Waals surface area contributed by atoms with Gasteiger partial charge in [0.15, 0.2) is 0 Å². The van der Waals surface area contributed by atoms with Crippen LogP contribution in [0.25, 0.3) is 6.08 Å². The second-order valence-corrected chi connectivity index (χ2v) is 6.19. The first kappa shape index (κ1) is 19.2. The van der Waals surface area contributed by atoms with Crippen molar-refractivity contribution >= 4 is 41.2 Å². The first-order valence-electron chi connectivity index (χ1n) is 8.14. The van der Waals surface area contributed by atoms with E-state index in [0.717, 1.165) is 4.90 Å². The molecule has 0 spiro atoms. The second-order valence-electron chi connectivity index (χ2n) is 5.76. The lowest BCUT2D eigenvalue weighted by Gasteiger charge is -2.26. The third-order valence-electron chi connectivity index (χ3n) is 3.84. The van der Waals surface area contributed by atoms with Crippen LogP contribution in [0.2, 0.25) is 5.02 Å². The number of hydrogen-bond donors (Lipinski definition) is 2. The third-order valence-corrected chi connectivity index (χ3v) is 4.07. The molecule has 0 atom stereocenters. The number of aromatic hydroxyl groups is 1. The topological polar surface area (TPSA) is 95.9 Å². The molecule has 1 heterocycles. The molecule has 0 aromatic heterocycles. The van der Waals surface area contributed by atoms with Gasteiger partial charge in [0.05, 0.1) is 5.69 Å². The van der Waals surface area contributed by atoms with E-state index < -0.39 is 17.8 Å². The van der Waals surface area contributed by atoms with Crippen molar-refractivity contribution in [2.24, 2.45) is 0 Å². The molecule has 8 heteroatoms. The van der Waals surface area contributed by atoms with Crippen molar-refractivity contribution in [1.29, 1.82) is 0 Å². The molecule has 0 bridgehead atoms. The van der Waals surface area contributed by atoms with Gasteiger partial charge in [-0.15, -0.1) is 0 Å². The number of nitrogens with one attached hydrogen (secondary N) is 1. The normalized spacial score (nSPS) is 15.5. The van der Waals surface area contributed by atoms with Crippen LogP contribution in [0.1, 0.15) is 5.56 Å². The van der Waals surface area contributed by atoms with E-state index in [2.05, 4.69) is 11.9 Å². The third kappa shape index (κ3) is 3.89. The molecule has 2 aromatic rings. The van der Waals surface area contributed by atoms with E-state index in [0.29, 0.717) is 16.3 Å². The number of hydrogen-bond acceptors (Lipinski definition) is 5. The number of urea groups is 1. The number of halogens is 1. The highest BCUT2D eigenvalue weighted by Crippen LogP contribution is 2.28. The lowest BCUT2D eigenvalue weighted by atomic mass is 10.1. The molecule has 1 aliphatic rings. The summed E-state index contributed by atoms with van der Waals surface area (Å²) in [5.74, 6) is -1.28. The fourth-order valence-corrected chi connectivity index (χ4v) is 2.74. The van der Waals surface area contributed by atoms with Crippen LogP contribution in [0.3, 0.4) is 0 Å². The number of ether oxygens (including phenoxy) is 1. The quantitative estimate of drug-likeness (QED) is 0.458. The van der Waals surface area contributed by atoms with E-state index in [1.165, 1.54) is 36.4 Å². The minimum atomic E-state index is -0.882. The Balaban J connectivity index is 2.03. The number of carbonyl (C=O) groups is 3. The maximum atomic E-state index is 12.9. The van der Waals surface area contributed by atoms with E-state index in [-0.39, 0.29) is 23.6 Å². The zero-order chi connectivity index (χ0) is 20.3. The largest absolute Gasteiger partial charge is 0.508 e. The molecule has 0 saturated carbocycles. The number of phenols is 1. The highest BCUT2D eigenvalue weighted by atomic mass is 35.5. The number of anilines is 1. The standard InChI is InChI=1S/C20H15ClN2O5/c1-2-9-28-17-8-3-13(21)10-12(17)11-16-18(25)22-20(27)23(19(16)26)14-4-6-15(24)7-5-14/h2-8,10-11,24H,1,9H2,(H,22,25,27)/b16-11+. The summed E-state index contributed by atoms with van der Waals surface area (Å²) in [4.78, 5) is 38.1. The van der Waals surface area contributed by atoms with Gasteiger partial charge in [0, 0.05) is 10.6 Å². The number of phenolic OH excluding ortho intramolecular Hbond substituents is 1. The lowest BCUT2D eigenvalue weighted by Crippen LogP contribution is -2.54. The van der Waals surface area contributed by atoms with Crippen LogP contribution in [-0.4, -0.2) is 29.6 Å². The number of barbiturate groups is 1. The Morgan fingerprint density at radius 1 is 1.14 bits per heavy atom. The minimum Gasteiger partial charge on any atom is -0.508 e. The highest BCUT2D eigenvalue weighted by Gasteiger charge is 2.37. The van der Waals surface area contributed by atoms with Gasteiger partial charge >= 0.3 is 6.03 Å². The summed E-state index contributed by atoms with van der Waals surface area (Å²) in [5.41, 5.74) is 0.333. The summed E-state index contributed by atoms with van der Waals surface area (Å²) >= 11 is 6.03. The predicted octanol–water partition coefficient (Wildman–Crippen LogP) is 3.28. The van der Waals surface area contributed by atoms with Crippen molar-refractivity contribution in [3.63, 3.8) is 0 Å². The van der Waals surface area contributed by atoms with E-state index >= 15 is 0 Å². The van der Waals surface area contributed by atoms with Gasteiger partial charge in [-0.1, -0.05) is 24.3 Å². The van der Waals surface area contributed by atoms with Gasteiger partial charge in [0.25, 0.3) is 11.8 Å². The van der Waals surface area contributed by atoms with Crippen LogP contribution in [0.15, 0.2) is 60.7 Å². The zero-order valence-corrected chi connectivity index (χ0v) is 15.3. The average Bonchev–Trinajstić information content (AvgIpc) is 2.66. The fraction of sp³-hybridized carbons (Fsp3) is 0.0500. The second kappa shape index (κ2) is 7.98. The van der Waals surface area contributed by atoms with Crippen LogP contribution < -0.4 is 15.0 Å². The molecule has 1 fully saturated rings. The van der Waals surface area contributed by atoms with Crippen molar-refractivity contribution in [3.05, 3.63) is 71.3 Å². The number of imide groups is 2. The summed E-state index contributed by atoms with van der Waals surface area (Å²) in [6.45, 7) is 3.79. The molecule has 2 N–H and O–H groups in total. The Hall–Kier alpha value is -3.58. The van der Waals surface area contributed by atoms with Gasteiger partial charge < -0.3 is 9.84 Å². The van der Waals surface area contributed by atoms with Crippen LogP contribution in [-0.2, 0) is 9.59 Å². The number of benzene rings is 2. The molecule has 0 aliphatic carbocycles. The summed E-state index contributed by atoms with van der Waals surface area (Å²) in [6.07, 6.45) is 2.86. The van der Waals surface area contributed by atoms with Gasteiger partial charge in [0.1, 0.15) is 23.7 Å². The van der Waals surface area contributed by atoms with E-state index in [9.17, 15) is 19.5 Å². The molecule has 4 amide bonds. The van der Waals surface area contributed by atoms with Crippen molar-refractivity contribution in [2.45, 2.75) is 0 Å². The van der Waals surface area contributed by atoms with Crippen molar-refractivity contribution < 1.29 is 24.2 Å². The molecular weight excluding hydrogens is 384 g/mol. The fourth-order valence-electron chi connectivity index (χ4n) is 2.56. The van der Waals surface area contributed by atoms with Gasteiger partial charge in [-0.2, -0.15) is 0 Å². The molecule has 2 aromatic carbocycles. The maximum absolute atomic E-state index is 12.9. The van der Waals surface area contributed by atoms with Crippen LogP contribution in [0.4, 0.5) is 10.5 Å². The highest BCUT2D eigenvalue weighted by molar-refractivity contribution is 6.39. The predicted molar refractivity (Wildman–Crippen MR) is 104 cm³/mol. The van der Waals surface area contributed by atoms with Crippen LogP contribution in [0.5, 0.6) is 11.5 Å². The zero-order valence-electron chi connectivity index (χ0n) is 14.5. The Kier molecular flexibility index (Phi) is 5.47. The molecule has 1 saturated heterocycles. The van der Waals surface area contributed by atoms with Crippen molar-refractivity contribution in [2.75, 3.05) is 11.5 Å². The Bertz CT molecular complexity index is 998. The number of rotatable bonds is 5. The maximum Gasteiger partial charge on any atom is 0.335 e. The van der Waals surface area contributed by atoms with Gasteiger partial charge in [-0.3, -0.25) is 14.9 Å². The van der Waals surface area contributed by atoms with Crippen LogP contribution in [0, 0.1) is 0 Å². The van der Waals surface area contributed by atoms with E-state index in [1.807, 2.05) is 0 Å². The van der Waals surface area contributed by atoms with Crippen molar-refractivity contribution in [1.82, 2.24) is 5.32 Å². The number of carbonyl (C=O) groups excluding carboxylic acids is 3. The molecule has 3 rings (SSSR count). The Labute approximate surface area is 165 Å². The average molecular weight is 399 g/mol. The van der Waals surface area contributed by atoms with Crippen LogP contribution >= 0.6 is 11.6 Å². The van der Waals surface area contributed by atoms with Gasteiger partial charge in [-0.05, 0) is 48.5 Å². The van der Waals surface area contributed by atoms with E-state index in [4.69, 9.17) is 16.3 Å². The first-order valence-corrected chi connectivity index (χ1v) is 8.52. The summed E-state index contributed by atoms with van der Waals surface area (Å²) in [5, 5.41) is 11.9. The van der Waals surface area contributed by atoms with E-state index in [1.54, 1.807) is 18.2 Å². The summed E-state index contributed by atoms with van der Waals surface area (Å²) < 4.78 is 5.53. The number of nitrogens with zero attached hydrogens (tertiary/aromatic N) is 1. The van der Waals surface area contributed by atoms with Gasteiger partial charge in [0.2, 0.25) is 0 Å². The molecule has 1 aliphatic heterocycles. The Morgan fingerprint density at radius 2 is 1.86 bits per heavy atom. The molecule has 0 radical (unpaired) electrons. The molecule has 7 nitrogen and oxygen atoms in total. The number of amides is 4. The van der Waals surface area contributed by atoms with Crippen molar-refractivity contribution in [3.8, 4) is 11.5 Å². The monoisotopic (exact) mass is 398 g/mol. The lowest BCUT2D eigenvalue weighted by molar-refractivity contribution is -0.122. The Morgan fingerprint density at radius 3 is 2.54 bits per heavy atom.